The summed E-state index contributed by atoms with van der Waals surface area (Å²) in [5.41, 5.74) is -0.769. The Bertz CT molecular complexity index is 1030. The molecule has 2 N–H and O–H groups in total. The molecule has 1 aromatic rings. The maximum atomic E-state index is 13.8. The number of amides is 2. The van der Waals surface area contributed by atoms with Crippen LogP contribution in [0, 0.1) is 0 Å². The molecule has 2 saturated carbocycles. The third kappa shape index (κ3) is 5.24. The van der Waals surface area contributed by atoms with Gasteiger partial charge in [0, 0.05) is 24.2 Å². The Hall–Kier alpha value is -1.68. The first-order valence-electron chi connectivity index (χ1n) is 12.7. The van der Waals surface area contributed by atoms with E-state index in [4.69, 9.17) is 0 Å². The Balaban J connectivity index is 1.61. The van der Waals surface area contributed by atoms with Crippen molar-refractivity contribution in [3.05, 3.63) is 35.9 Å². The summed E-state index contributed by atoms with van der Waals surface area (Å²) in [4.78, 5) is 19.8. The Morgan fingerprint density at radius 2 is 1.66 bits per heavy atom. The average Bonchev–Trinajstić information content (AvgIpc) is 2.96. The van der Waals surface area contributed by atoms with Crippen molar-refractivity contribution in [2.75, 3.05) is 40.0 Å². The second-order valence-electron chi connectivity index (χ2n) is 12.1. The van der Waals surface area contributed by atoms with Crippen molar-refractivity contribution >= 4 is 16.1 Å². The van der Waals surface area contributed by atoms with Gasteiger partial charge in [-0.05, 0) is 78.5 Å². The topological polar surface area (TPSA) is 93.2 Å². The first kappa shape index (κ1) is 26.4. The van der Waals surface area contributed by atoms with Crippen molar-refractivity contribution in [2.24, 2.45) is 0 Å². The Morgan fingerprint density at radius 3 is 2.14 bits per heavy atom. The van der Waals surface area contributed by atoms with Gasteiger partial charge >= 0.3 is 6.03 Å². The fraction of sp³-hybridized carbons (Fsp3) is 0.731. The van der Waals surface area contributed by atoms with E-state index < -0.39 is 21.2 Å². The number of carbonyl (C=O) groups excluding carboxylic acids is 1. The van der Waals surface area contributed by atoms with Crippen LogP contribution >= 0.6 is 0 Å². The molecule has 9 heteroatoms. The number of aliphatic hydroxyl groups is 1. The number of nitrogens with one attached hydrogen (secondary N) is 1. The van der Waals surface area contributed by atoms with E-state index in [0.717, 1.165) is 51.2 Å². The first-order chi connectivity index (χ1) is 16.2. The van der Waals surface area contributed by atoms with Gasteiger partial charge in [0.05, 0.1) is 23.9 Å². The molecule has 2 aliphatic carbocycles. The molecule has 8 nitrogen and oxygen atoms in total. The molecule has 2 amide bonds. The van der Waals surface area contributed by atoms with Crippen LogP contribution < -0.4 is 4.72 Å². The maximum Gasteiger partial charge on any atom is 0.320 e. The standard InChI is InChI=1S/C26H42N4O4S/c1-23(2,27-35(5,33)34)18-29-19-24(30(22(29)31)20-25(32)12-9-13-25)14-16-26(17-15-24,28(3)4)21-10-7-6-8-11-21/h6-8,10-11,27,32H,9,12-20H2,1-5H3. The van der Waals surface area contributed by atoms with Gasteiger partial charge in [0.25, 0.3) is 0 Å². The van der Waals surface area contributed by atoms with Gasteiger partial charge in [0.15, 0.2) is 0 Å². The minimum absolute atomic E-state index is 0.0919. The van der Waals surface area contributed by atoms with Crippen molar-refractivity contribution in [3.8, 4) is 0 Å². The first-order valence-corrected chi connectivity index (χ1v) is 14.6. The molecule has 1 spiro atoms. The number of hydrogen-bond donors (Lipinski definition) is 2. The summed E-state index contributed by atoms with van der Waals surface area (Å²) < 4.78 is 26.5. The number of nitrogens with zero attached hydrogens (tertiary/aromatic N) is 3. The summed E-state index contributed by atoms with van der Waals surface area (Å²) in [6.45, 7) is 4.80. The Kier molecular flexibility index (Phi) is 6.79. The molecular weight excluding hydrogens is 464 g/mol. The molecule has 1 saturated heterocycles. The second kappa shape index (κ2) is 9.01. The third-order valence-electron chi connectivity index (χ3n) is 8.52. The van der Waals surface area contributed by atoms with E-state index in [1.54, 1.807) is 4.90 Å². The molecule has 3 aliphatic rings. The van der Waals surface area contributed by atoms with E-state index in [0.29, 0.717) is 13.1 Å². The largest absolute Gasteiger partial charge is 0.388 e. The minimum atomic E-state index is -3.41. The summed E-state index contributed by atoms with van der Waals surface area (Å²) in [5, 5.41) is 11.0. The van der Waals surface area contributed by atoms with E-state index in [-0.39, 0.29) is 23.7 Å². The van der Waals surface area contributed by atoms with Gasteiger partial charge in [0.2, 0.25) is 10.0 Å². The number of sulfonamides is 1. The number of urea groups is 1. The number of hydrogen-bond acceptors (Lipinski definition) is 5. The van der Waals surface area contributed by atoms with Crippen LogP contribution in [-0.4, -0.2) is 90.9 Å². The molecule has 0 atom stereocenters. The minimum Gasteiger partial charge on any atom is -0.388 e. The van der Waals surface area contributed by atoms with Crippen LogP contribution in [0.1, 0.15) is 64.4 Å². The van der Waals surface area contributed by atoms with E-state index >= 15 is 0 Å². The van der Waals surface area contributed by atoms with Gasteiger partial charge in [-0.25, -0.2) is 17.9 Å². The van der Waals surface area contributed by atoms with Crippen molar-refractivity contribution in [1.29, 1.82) is 0 Å². The monoisotopic (exact) mass is 506 g/mol. The van der Waals surface area contributed by atoms with E-state index in [1.165, 1.54) is 5.56 Å². The van der Waals surface area contributed by atoms with E-state index in [1.807, 2.05) is 24.8 Å². The van der Waals surface area contributed by atoms with Gasteiger partial charge in [-0.2, -0.15) is 0 Å². The zero-order chi connectivity index (χ0) is 25.7. The molecule has 0 bridgehead atoms. The molecule has 0 unspecified atom stereocenters. The van der Waals surface area contributed by atoms with Gasteiger partial charge in [-0.15, -0.1) is 0 Å². The zero-order valence-electron chi connectivity index (χ0n) is 21.9. The van der Waals surface area contributed by atoms with Crippen molar-refractivity contribution in [1.82, 2.24) is 19.4 Å². The molecule has 0 radical (unpaired) electrons. The van der Waals surface area contributed by atoms with Gasteiger partial charge in [0.1, 0.15) is 0 Å². The van der Waals surface area contributed by atoms with Crippen LogP contribution in [0.4, 0.5) is 4.79 Å². The Morgan fingerprint density at radius 1 is 1.06 bits per heavy atom. The number of rotatable bonds is 8. The van der Waals surface area contributed by atoms with Crippen LogP contribution in [0.3, 0.4) is 0 Å². The fourth-order valence-corrected chi connectivity index (χ4v) is 7.66. The van der Waals surface area contributed by atoms with Crippen LogP contribution in [0.2, 0.25) is 0 Å². The summed E-state index contributed by atoms with van der Waals surface area (Å²) in [6.07, 6.45) is 7.05. The Labute approximate surface area is 210 Å². The number of β-amino-alcohol motifs (C(OH)–C–C–N with tert-alkyl or cyclic N) is 1. The average molecular weight is 507 g/mol. The lowest BCUT2D eigenvalue weighted by Crippen LogP contribution is -2.59. The highest BCUT2D eigenvalue weighted by atomic mass is 32.2. The predicted molar refractivity (Wildman–Crippen MR) is 138 cm³/mol. The summed E-state index contributed by atoms with van der Waals surface area (Å²) in [5.74, 6) is 0. The second-order valence-corrected chi connectivity index (χ2v) is 13.8. The molecule has 1 heterocycles. The summed E-state index contributed by atoms with van der Waals surface area (Å²) >= 11 is 0. The quantitative estimate of drug-likeness (QED) is 0.566. The lowest BCUT2D eigenvalue weighted by Gasteiger charge is -2.52. The molecule has 0 aromatic heterocycles. The van der Waals surface area contributed by atoms with Gasteiger partial charge < -0.3 is 14.9 Å². The molecule has 1 aliphatic heterocycles. The highest BCUT2D eigenvalue weighted by Crippen LogP contribution is 2.50. The van der Waals surface area contributed by atoms with Crippen LogP contribution in [0.5, 0.6) is 0 Å². The molecule has 4 rings (SSSR count). The normalized spacial score (nSPS) is 29.2. The molecule has 35 heavy (non-hydrogen) atoms. The lowest BCUT2D eigenvalue weighted by molar-refractivity contribution is -0.0725. The SMILES string of the molecule is CN(C)C1(c2ccccc2)CCC2(CC1)CN(CC(C)(C)NS(C)(=O)=O)C(=O)N2CC1(O)CCC1. The van der Waals surface area contributed by atoms with Gasteiger partial charge in [-0.1, -0.05) is 30.3 Å². The molecule has 196 valence electrons. The highest BCUT2D eigenvalue weighted by Gasteiger charge is 2.56. The van der Waals surface area contributed by atoms with Crippen molar-refractivity contribution < 1.29 is 18.3 Å². The molecule has 1 aromatic carbocycles. The van der Waals surface area contributed by atoms with Crippen LogP contribution in [0.15, 0.2) is 30.3 Å². The summed E-state index contributed by atoms with van der Waals surface area (Å²) in [7, 11) is 0.846. The highest BCUT2D eigenvalue weighted by molar-refractivity contribution is 7.88. The number of carbonyl (C=O) groups is 1. The van der Waals surface area contributed by atoms with Crippen LogP contribution in [0.25, 0.3) is 0 Å². The van der Waals surface area contributed by atoms with E-state index in [2.05, 4.69) is 48.0 Å². The summed E-state index contributed by atoms with van der Waals surface area (Å²) in [6, 6.07) is 10.5. The van der Waals surface area contributed by atoms with Crippen LogP contribution in [-0.2, 0) is 15.6 Å². The fourth-order valence-electron chi connectivity index (χ4n) is 6.59. The van der Waals surface area contributed by atoms with Gasteiger partial charge in [-0.3, -0.25) is 4.90 Å². The lowest BCUT2D eigenvalue weighted by atomic mass is 9.67. The van der Waals surface area contributed by atoms with E-state index in [9.17, 15) is 18.3 Å². The number of benzene rings is 1. The molecular formula is C26H42N4O4S. The maximum absolute atomic E-state index is 13.8. The zero-order valence-corrected chi connectivity index (χ0v) is 22.7. The van der Waals surface area contributed by atoms with Crippen molar-refractivity contribution in [3.63, 3.8) is 0 Å². The molecule has 3 fully saturated rings. The third-order valence-corrected chi connectivity index (χ3v) is 9.44. The smallest absolute Gasteiger partial charge is 0.320 e. The van der Waals surface area contributed by atoms with Crippen molar-refractivity contribution in [2.45, 2.75) is 81.0 Å². The predicted octanol–water partition coefficient (Wildman–Crippen LogP) is 2.74.